The van der Waals surface area contributed by atoms with E-state index in [1.165, 1.54) is 17.1 Å². The summed E-state index contributed by atoms with van der Waals surface area (Å²) in [5.74, 6) is 0. The second-order valence-corrected chi connectivity index (χ2v) is 5.73. The largest absolute Gasteiger partial charge is 0.306 e. The maximum absolute atomic E-state index is 4.04. The van der Waals surface area contributed by atoms with Gasteiger partial charge in [0.15, 0.2) is 0 Å². The zero-order valence-electron chi connectivity index (χ0n) is 10.9. The normalized spacial score (nSPS) is 11.7. The van der Waals surface area contributed by atoms with Crippen LogP contribution in [0.15, 0.2) is 35.7 Å². The van der Waals surface area contributed by atoms with Crippen molar-refractivity contribution < 1.29 is 0 Å². The van der Waals surface area contributed by atoms with Gasteiger partial charge in [-0.25, -0.2) is 0 Å². The lowest BCUT2D eigenvalue weighted by Gasteiger charge is -2.26. The van der Waals surface area contributed by atoms with Gasteiger partial charge in [0.2, 0.25) is 0 Å². The zero-order valence-corrected chi connectivity index (χ0v) is 11.7. The van der Waals surface area contributed by atoms with Crippen molar-refractivity contribution in [1.82, 2.24) is 14.9 Å². The quantitative estimate of drug-likeness (QED) is 0.868. The molecule has 4 heteroatoms. The van der Waals surface area contributed by atoms with Crippen LogP contribution in [0.2, 0.25) is 0 Å². The van der Waals surface area contributed by atoms with E-state index in [2.05, 4.69) is 59.1 Å². The second-order valence-electron chi connectivity index (χ2n) is 5.12. The van der Waals surface area contributed by atoms with Crippen LogP contribution >= 0.6 is 11.5 Å². The standard InChI is InChI=1S/C14H19N3S/c1-14(2,15-10-13-11-18-17-16-13)9-8-12-6-4-3-5-7-12/h3-7,11,15H,8-10H2,1-2H3. The van der Waals surface area contributed by atoms with Crippen molar-refractivity contribution in [3.63, 3.8) is 0 Å². The van der Waals surface area contributed by atoms with Gasteiger partial charge in [0.1, 0.15) is 0 Å². The van der Waals surface area contributed by atoms with E-state index in [1.54, 1.807) is 0 Å². The molecule has 0 atom stereocenters. The van der Waals surface area contributed by atoms with Crippen LogP contribution in [-0.2, 0) is 13.0 Å². The minimum absolute atomic E-state index is 0.111. The maximum atomic E-state index is 4.04. The van der Waals surface area contributed by atoms with Gasteiger partial charge in [0.25, 0.3) is 0 Å². The Kier molecular flexibility index (Phi) is 4.44. The molecule has 2 aromatic rings. The third-order valence-corrected chi connectivity index (χ3v) is 3.59. The van der Waals surface area contributed by atoms with Crippen molar-refractivity contribution in [2.45, 2.75) is 38.8 Å². The van der Waals surface area contributed by atoms with Crippen LogP contribution < -0.4 is 5.32 Å². The fourth-order valence-electron chi connectivity index (χ4n) is 1.78. The van der Waals surface area contributed by atoms with Gasteiger partial charge in [-0.1, -0.05) is 34.8 Å². The molecule has 0 saturated heterocycles. The van der Waals surface area contributed by atoms with E-state index in [9.17, 15) is 0 Å². The number of nitrogens with one attached hydrogen (secondary N) is 1. The van der Waals surface area contributed by atoms with Crippen molar-refractivity contribution in [3.8, 4) is 0 Å². The summed E-state index contributed by atoms with van der Waals surface area (Å²) in [5.41, 5.74) is 2.52. The van der Waals surface area contributed by atoms with Crippen molar-refractivity contribution in [2.75, 3.05) is 0 Å². The summed E-state index contributed by atoms with van der Waals surface area (Å²) >= 11 is 1.40. The number of aromatic nitrogens is 2. The minimum atomic E-state index is 0.111. The van der Waals surface area contributed by atoms with E-state index in [1.807, 2.05) is 5.38 Å². The number of benzene rings is 1. The molecule has 1 heterocycles. The fourth-order valence-corrected chi connectivity index (χ4v) is 2.23. The molecule has 0 radical (unpaired) electrons. The lowest BCUT2D eigenvalue weighted by Crippen LogP contribution is -2.39. The SMILES string of the molecule is CC(C)(CCc1ccccc1)NCc1csnn1. The molecule has 0 bridgehead atoms. The van der Waals surface area contributed by atoms with Crippen LogP contribution in [0.25, 0.3) is 0 Å². The summed E-state index contributed by atoms with van der Waals surface area (Å²) in [6.45, 7) is 5.25. The van der Waals surface area contributed by atoms with Crippen molar-refractivity contribution in [3.05, 3.63) is 47.0 Å². The average Bonchev–Trinajstić information content (AvgIpc) is 2.89. The van der Waals surface area contributed by atoms with Crippen LogP contribution in [0.5, 0.6) is 0 Å². The number of rotatable bonds is 6. The highest BCUT2D eigenvalue weighted by Crippen LogP contribution is 2.14. The molecule has 0 spiro atoms. The van der Waals surface area contributed by atoms with Crippen LogP contribution in [-0.4, -0.2) is 15.1 Å². The van der Waals surface area contributed by atoms with E-state index in [4.69, 9.17) is 0 Å². The molecule has 1 aromatic carbocycles. The molecule has 18 heavy (non-hydrogen) atoms. The Morgan fingerprint density at radius 3 is 2.67 bits per heavy atom. The van der Waals surface area contributed by atoms with E-state index < -0.39 is 0 Å². The van der Waals surface area contributed by atoms with Gasteiger partial charge in [-0.05, 0) is 43.8 Å². The van der Waals surface area contributed by atoms with Gasteiger partial charge in [-0.2, -0.15) is 0 Å². The van der Waals surface area contributed by atoms with Gasteiger partial charge in [-0.15, -0.1) is 5.10 Å². The van der Waals surface area contributed by atoms with Gasteiger partial charge < -0.3 is 5.32 Å². The highest BCUT2D eigenvalue weighted by molar-refractivity contribution is 7.03. The van der Waals surface area contributed by atoms with Crippen LogP contribution in [0.1, 0.15) is 31.5 Å². The Balaban J connectivity index is 1.80. The third kappa shape index (κ3) is 4.20. The molecule has 3 nitrogen and oxygen atoms in total. The molecule has 0 fully saturated rings. The Labute approximate surface area is 112 Å². The topological polar surface area (TPSA) is 37.8 Å². The fraction of sp³-hybridized carbons (Fsp3) is 0.429. The summed E-state index contributed by atoms with van der Waals surface area (Å²) in [6, 6.07) is 10.6. The monoisotopic (exact) mass is 261 g/mol. The molecule has 0 saturated carbocycles. The first-order valence-electron chi connectivity index (χ1n) is 6.21. The molecule has 0 amide bonds. The molecule has 1 N–H and O–H groups in total. The van der Waals surface area contributed by atoms with E-state index in [0.29, 0.717) is 0 Å². The smallest absolute Gasteiger partial charge is 0.0893 e. The molecule has 1 aromatic heterocycles. The van der Waals surface area contributed by atoms with Gasteiger partial charge in [0.05, 0.1) is 5.69 Å². The predicted molar refractivity (Wildman–Crippen MR) is 75.6 cm³/mol. The van der Waals surface area contributed by atoms with Crippen LogP contribution in [0, 0.1) is 0 Å². The Morgan fingerprint density at radius 1 is 1.22 bits per heavy atom. The predicted octanol–water partition coefficient (Wildman–Crippen LogP) is 3.04. The molecular formula is C14H19N3S. The molecule has 0 aliphatic carbocycles. The average molecular weight is 261 g/mol. The number of hydrogen-bond donors (Lipinski definition) is 1. The minimum Gasteiger partial charge on any atom is -0.306 e. The Morgan fingerprint density at radius 2 is 2.00 bits per heavy atom. The van der Waals surface area contributed by atoms with Gasteiger partial charge in [0, 0.05) is 17.5 Å². The molecule has 96 valence electrons. The number of hydrogen-bond acceptors (Lipinski definition) is 4. The highest BCUT2D eigenvalue weighted by Gasteiger charge is 2.17. The molecule has 0 unspecified atom stereocenters. The van der Waals surface area contributed by atoms with Crippen LogP contribution in [0.3, 0.4) is 0 Å². The third-order valence-electron chi connectivity index (χ3n) is 3.03. The van der Waals surface area contributed by atoms with Crippen LogP contribution in [0.4, 0.5) is 0 Å². The Bertz CT molecular complexity index is 451. The van der Waals surface area contributed by atoms with Gasteiger partial charge in [-0.3, -0.25) is 0 Å². The first-order valence-corrected chi connectivity index (χ1v) is 7.04. The van der Waals surface area contributed by atoms with E-state index >= 15 is 0 Å². The molecule has 0 aliphatic heterocycles. The Hall–Kier alpha value is -1.26. The lowest BCUT2D eigenvalue weighted by atomic mass is 9.95. The molecular weight excluding hydrogens is 242 g/mol. The number of aryl methyl sites for hydroxylation is 1. The number of nitrogens with zero attached hydrogens (tertiary/aromatic N) is 2. The van der Waals surface area contributed by atoms with E-state index in [0.717, 1.165) is 25.1 Å². The maximum Gasteiger partial charge on any atom is 0.0893 e. The van der Waals surface area contributed by atoms with E-state index in [-0.39, 0.29) is 5.54 Å². The van der Waals surface area contributed by atoms with Crippen molar-refractivity contribution >= 4 is 11.5 Å². The highest BCUT2D eigenvalue weighted by atomic mass is 32.1. The first kappa shape index (κ1) is 13.2. The summed E-state index contributed by atoms with van der Waals surface area (Å²) in [5, 5.41) is 9.57. The molecule has 2 rings (SSSR count). The molecule has 0 aliphatic rings. The second kappa shape index (κ2) is 6.07. The first-order chi connectivity index (χ1) is 8.66. The lowest BCUT2D eigenvalue weighted by molar-refractivity contribution is 0.358. The summed E-state index contributed by atoms with van der Waals surface area (Å²) in [4.78, 5) is 0. The summed E-state index contributed by atoms with van der Waals surface area (Å²) in [7, 11) is 0. The van der Waals surface area contributed by atoms with Crippen molar-refractivity contribution in [2.24, 2.45) is 0 Å². The zero-order chi connectivity index (χ0) is 12.8. The summed E-state index contributed by atoms with van der Waals surface area (Å²) in [6.07, 6.45) is 2.20. The van der Waals surface area contributed by atoms with Gasteiger partial charge >= 0.3 is 0 Å². The summed E-state index contributed by atoms with van der Waals surface area (Å²) < 4.78 is 3.87. The van der Waals surface area contributed by atoms with Crippen molar-refractivity contribution in [1.29, 1.82) is 0 Å².